The van der Waals surface area contributed by atoms with Gasteiger partial charge in [0.1, 0.15) is 29.3 Å². The van der Waals surface area contributed by atoms with E-state index in [9.17, 15) is 44.2 Å². The third kappa shape index (κ3) is 10.8. The number of nitrogens with one attached hydrogen (secondary N) is 1. The number of carbonyl (C=O) groups excluding carboxylic acids is 5. The Kier molecular flexibility index (Phi) is 17.2. The van der Waals surface area contributed by atoms with Crippen LogP contribution in [0.15, 0.2) is 71.9 Å². The van der Waals surface area contributed by atoms with Crippen molar-refractivity contribution in [3.63, 3.8) is 0 Å². The standard InChI is InChI=1S/C34H46BFN2O8.C29H38BFN2O6/c1-9-32(7)16-25(33(8)19(2)12-13-34(20(3)29(32)41)15-24(36)27(40)28(33)34)45-26(39)18-44-22-11-10-21-17-37-38(35(43)23(21)14-22)30(42)46-31(4,5)6;1-6-27(4)13-22(39-23(34)15-38-19-8-7-18-14-32-33-30(37)20(18)11-19)28(5)16(2)9-10-29(17(3)26(27)36)12-21(31)24(35)25(28)29/h9-11,14,17,19-20,24-25,28-29,41,43H,1,12-13,15-16,18H2,2-8H3;6-8,11,14,16-17,21-22,25-26,33,36-37H,1,9-10,12-13,15H2,2-5H3/t19-,20+,24+,25-,28+,29+,32-,33+,34+;16-,17+,21+,22-,25+,26+,27-,28+,29+/m11/s1. The highest BCUT2D eigenvalue weighted by molar-refractivity contribution is 6.67. The molecule has 6 aliphatic carbocycles. The van der Waals surface area contributed by atoms with E-state index in [2.05, 4.69) is 28.7 Å². The zero-order chi connectivity index (χ0) is 62.3. The van der Waals surface area contributed by atoms with Crippen LogP contribution in [0.5, 0.6) is 11.5 Å². The predicted octanol–water partition coefficient (Wildman–Crippen LogP) is 6.74. The summed E-state index contributed by atoms with van der Waals surface area (Å²) in [7, 11) is -2.43. The first kappa shape index (κ1) is 63.5. The molecular formula is C63H84B2F2N4O14. The third-order valence-electron chi connectivity index (χ3n) is 22.1. The summed E-state index contributed by atoms with van der Waals surface area (Å²) in [5, 5.41) is 54.8. The van der Waals surface area contributed by atoms with Crippen LogP contribution in [0.25, 0.3) is 0 Å². The molecule has 18 nitrogen and oxygen atoms in total. The highest BCUT2D eigenvalue weighted by Gasteiger charge is 2.72. The zero-order valence-electron chi connectivity index (χ0n) is 50.8. The molecular weight excluding hydrogens is 1100 g/mol. The Bertz CT molecular complexity index is 3060. The summed E-state index contributed by atoms with van der Waals surface area (Å²) >= 11 is 0. The van der Waals surface area contributed by atoms with Gasteiger partial charge in [-0.1, -0.05) is 79.7 Å². The van der Waals surface area contributed by atoms with Gasteiger partial charge in [0.05, 0.1) is 24.6 Å². The van der Waals surface area contributed by atoms with Crippen LogP contribution in [-0.4, -0.2) is 137 Å². The summed E-state index contributed by atoms with van der Waals surface area (Å²) in [5.41, 5.74) is -3.47. The van der Waals surface area contributed by atoms with Gasteiger partial charge in [0.15, 0.2) is 37.1 Å². The molecule has 0 aromatic heterocycles. The van der Waals surface area contributed by atoms with Crippen LogP contribution < -0.4 is 25.7 Å². The fourth-order valence-corrected chi connectivity index (χ4v) is 16.6. The van der Waals surface area contributed by atoms with Crippen molar-refractivity contribution in [1.29, 1.82) is 0 Å². The molecule has 10 rings (SSSR count). The van der Waals surface area contributed by atoms with E-state index in [0.717, 1.165) is 16.9 Å². The first-order valence-corrected chi connectivity index (χ1v) is 29.9. The van der Waals surface area contributed by atoms with Crippen molar-refractivity contribution in [3.8, 4) is 11.5 Å². The SMILES string of the molecule is C=C[C@]1(C)C[C@@H](OC(=O)COc2ccc3c(c2)B(O)N(C(=O)OC(C)(C)C)N=C3)[C@]2(C)[C@H](C)CC[C@]3(C[C@H](F)C(=O)[C@H]32)[C@@H](C)[C@@H]1O.C=C[C@]1(C)C[C@@H](OC(=O)COc2ccc3c(c2)B(O)NN=C3)[C@]2(C)[C@H](C)CC[C@]3(C[C@H](F)C(=O)[C@H]32)[C@@H](C)[C@@H]1O. The van der Waals surface area contributed by atoms with Crippen LogP contribution in [0.2, 0.25) is 0 Å². The Morgan fingerprint density at radius 2 is 1.15 bits per heavy atom. The Labute approximate surface area is 497 Å². The highest BCUT2D eigenvalue weighted by atomic mass is 19.1. The number of halogens is 2. The van der Waals surface area contributed by atoms with Crippen molar-refractivity contribution < 1.29 is 76.7 Å². The zero-order valence-corrected chi connectivity index (χ0v) is 50.8. The summed E-state index contributed by atoms with van der Waals surface area (Å²) in [4.78, 5) is 67.1. The number of carbonyl (C=O) groups is 5. The fourth-order valence-electron chi connectivity index (χ4n) is 16.6. The van der Waals surface area contributed by atoms with Gasteiger partial charge in [0, 0.05) is 33.5 Å². The van der Waals surface area contributed by atoms with Crippen LogP contribution in [0.4, 0.5) is 13.6 Å². The van der Waals surface area contributed by atoms with Crippen molar-refractivity contribution in [2.45, 2.75) is 170 Å². The summed E-state index contributed by atoms with van der Waals surface area (Å²) in [6.45, 7) is 27.8. The van der Waals surface area contributed by atoms with Gasteiger partial charge in [-0.05, 0) is 153 Å². The molecule has 22 heteroatoms. The minimum absolute atomic E-state index is 0.0172. The number of aliphatic hydroxyl groups is 2. The number of ether oxygens (including phenoxy) is 5. The van der Waals surface area contributed by atoms with Gasteiger partial charge >= 0.3 is 32.1 Å². The summed E-state index contributed by atoms with van der Waals surface area (Å²) < 4.78 is 59.7. The van der Waals surface area contributed by atoms with E-state index in [1.807, 2.05) is 55.4 Å². The quantitative estimate of drug-likeness (QED) is 0.0715. The van der Waals surface area contributed by atoms with E-state index in [0.29, 0.717) is 41.5 Å². The maximum absolute atomic E-state index is 15.3. The first-order valence-electron chi connectivity index (χ1n) is 29.9. The number of fused-ring (bicyclic) bond motifs is 2. The number of hydrazone groups is 2. The number of Topliss-reactive ketones (excluding diaryl/α,β-unsaturated/α-hetero) is 2. The molecule has 0 saturated heterocycles. The van der Waals surface area contributed by atoms with Crippen molar-refractivity contribution >= 4 is 67.1 Å². The monoisotopic (exact) mass is 1180 g/mol. The minimum Gasteiger partial charge on any atom is -0.482 e. The molecule has 6 saturated carbocycles. The molecule has 85 heavy (non-hydrogen) atoms. The largest absolute Gasteiger partial charge is 0.482 e. The number of amides is 1. The maximum atomic E-state index is 15.3. The predicted molar refractivity (Wildman–Crippen MR) is 315 cm³/mol. The lowest BCUT2D eigenvalue weighted by atomic mass is 9.44. The minimum atomic E-state index is -1.63. The fraction of sp³-hybridized carbons (Fsp3) is 0.635. The third-order valence-corrected chi connectivity index (χ3v) is 22.1. The Balaban J connectivity index is 0.000000206. The molecule has 2 heterocycles. The molecule has 8 aliphatic rings. The average molecular weight is 1180 g/mol. The number of benzene rings is 2. The second-order valence-electron chi connectivity index (χ2n) is 27.7. The Morgan fingerprint density at radius 3 is 1.59 bits per heavy atom. The normalized spacial score (nSPS) is 38.9. The molecule has 2 aromatic carbocycles. The Hall–Kier alpha value is -5.96. The number of alkyl halides is 2. The molecule has 0 unspecified atom stereocenters. The van der Waals surface area contributed by atoms with Gasteiger partial charge in [-0.3, -0.25) is 9.59 Å². The number of esters is 2. The van der Waals surface area contributed by atoms with E-state index in [1.54, 1.807) is 69.5 Å². The maximum Gasteiger partial charge on any atom is 0.478 e. The van der Waals surface area contributed by atoms with Crippen LogP contribution in [0, 0.1) is 68.0 Å². The van der Waals surface area contributed by atoms with Crippen LogP contribution in [0.1, 0.15) is 139 Å². The number of rotatable bonds is 10. The molecule has 18 atom stereocenters. The van der Waals surface area contributed by atoms with E-state index >= 15 is 8.78 Å². The second-order valence-corrected chi connectivity index (χ2v) is 27.7. The number of nitrogens with zero attached hydrogens (tertiary/aromatic N) is 3. The van der Waals surface area contributed by atoms with Crippen LogP contribution >= 0.6 is 0 Å². The van der Waals surface area contributed by atoms with Gasteiger partial charge in [-0.15, -0.1) is 13.2 Å². The first-order chi connectivity index (χ1) is 39.7. The molecule has 2 aliphatic heterocycles. The lowest BCUT2D eigenvalue weighted by Crippen LogP contribution is -2.63. The van der Waals surface area contributed by atoms with E-state index in [1.165, 1.54) is 12.3 Å². The van der Waals surface area contributed by atoms with Crippen molar-refractivity contribution in [3.05, 3.63) is 72.8 Å². The number of hydrogen-bond donors (Lipinski definition) is 5. The van der Waals surface area contributed by atoms with Gasteiger partial charge in [0.2, 0.25) is 0 Å². The smallest absolute Gasteiger partial charge is 0.478 e. The molecule has 2 aromatic rings. The van der Waals surface area contributed by atoms with Gasteiger partial charge < -0.3 is 49.3 Å². The lowest BCUT2D eigenvalue weighted by Gasteiger charge is -2.61. The van der Waals surface area contributed by atoms with Crippen molar-refractivity contribution in [2.24, 2.45) is 78.2 Å². The molecule has 6 fully saturated rings. The summed E-state index contributed by atoms with van der Waals surface area (Å²) in [6.07, 6.45) is 2.21. The number of ketones is 2. The second kappa shape index (κ2) is 23.0. The van der Waals surface area contributed by atoms with Crippen LogP contribution in [-0.2, 0) is 33.4 Å². The summed E-state index contributed by atoms with van der Waals surface area (Å²) in [6, 6.07) is 9.80. The topological polar surface area (TPSA) is 252 Å². The van der Waals surface area contributed by atoms with E-state index < -0.39 is 144 Å². The van der Waals surface area contributed by atoms with Crippen molar-refractivity contribution in [1.82, 2.24) is 10.3 Å². The molecule has 460 valence electrons. The number of hydrogen-bond acceptors (Lipinski definition) is 17. The van der Waals surface area contributed by atoms with Gasteiger partial charge in [-0.25, -0.2) is 28.1 Å². The molecule has 1 amide bonds. The lowest BCUT2D eigenvalue weighted by molar-refractivity contribution is -0.207. The van der Waals surface area contributed by atoms with Crippen molar-refractivity contribution in [2.75, 3.05) is 13.2 Å². The molecule has 0 spiro atoms. The van der Waals surface area contributed by atoms with E-state index in [4.69, 9.17) is 23.7 Å². The van der Waals surface area contributed by atoms with Crippen LogP contribution in [0.3, 0.4) is 0 Å². The van der Waals surface area contributed by atoms with Gasteiger partial charge in [0.25, 0.3) is 0 Å². The summed E-state index contributed by atoms with van der Waals surface area (Å²) in [5.74, 6) is -3.77. The molecule has 5 N–H and O–H groups in total. The molecule has 0 radical (unpaired) electrons. The average Bonchev–Trinajstić information content (AvgIpc) is 1.72. The van der Waals surface area contributed by atoms with Gasteiger partial charge in [-0.2, -0.15) is 10.2 Å². The van der Waals surface area contributed by atoms with E-state index in [-0.39, 0.29) is 55.1 Å². The highest BCUT2D eigenvalue weighted by Crippen LogP contribution is 2.70. The Morgan fingerprint density at radius 1 is 0.718 bits per heavy atom. The molecule has 4 bridgehead atoms. The number of aliphatic hydroxyl groups excluding tert-OH is 2.